The molecule has 0 aliphatic carbocycles. The predicted molar refractivity (Wildman–Crippen MR) is 66.5 cm³/mol. The molecule has 0 aromatic carbocycles. The van der Waals surface area contributed by atoms with E-state index in [1.807, 2.05) is 11.8 Å². The molecular formula is C11H22N2OS. The minimum Gasteiger partial charge on any atom is -0.497 e. The summed E-state index contributed by atoms with van der Waals surface area (Å²) in [6.07, 6.45) is 4.40. The number of hydrazine groups is 1. The Hall–Kier alpha value is -0.190. The summed E-state index contributed by atoms with van der Waals surface area (Å²) in [5, 5.41) is 0. The maximum atomic E-state index is 5.59. The summed E-state index contributed by atoms with van der Waals surface area (Å²) in [7, 11) is 0. The van der Waals surface area contributed by atoms with E-state index < -0.39 is 0 Å². The van der Waals surface area contributed by atoms with Crippen molar-refractivity contribution in [2.24, 2.45) is 11.8 Å². The topological polar surface area (TPSA) is 47.3 Å². The van der Waals surface area contributed by atoms with E-state index in [4.69, 9.17) is 10.6 Å². The number of rotatable bonds is 6. The van der Waals surface area contributed by atoms with Crippen LogP contribution in [0, 0.1) is 5.92 Å². The first-order chi connectivity index (χ1) is 7.24. The van der Waals surface area contributed by atoms with Crippen molar-refractivity contribution in [1.82, 2.24) is 5.43 Å². The molecule has 15 heavy (non-hydrogen) atoms. The van der Waals surface area contributed by atoms with Crippen LogP contribution in [0.5, 0.6) is 0 Å². The fourth-order valence-electron chi connectivity index (χ4n) is 1.45. The highest BCUT2D eigenvalue weighted by atomic mass is 32.2. The summed E-state index contributed by atoms with van der Waals surface area (Å²) in [4.78, 5) is 0. The molecule has 0 radical (unpaired) electrons. The Balaban J connectivity index is 2.31. The molecule has 4 heteroatoms. The van der Waals surface area contributed by atoms with Gasteiger partial charge in [0.05, 0.1) is 12.6 Å². The Morgan fingerprint density at radius 1 is 1.53 bits per heavy atom. The fourth-order valence-corrected chi connectivity index (χ4v) is 2.56. The molecule has 1 heterocycles. The first-order valence-electron chi connectivity index (χ1n) is 5.60. The second-order valence-corrected chi connectivity index (χ2v) is 5.32. The Morgan fingerprint density at radius 3 is 2.87 bits per heavy atom. The van der Waals surface area contributed by atoms with Gasteiger partial charge in [-0.2, -0.15) is 11.8 Å². The van der Waals surface area contributed by atoms with Gasteiger partial charge in [-0.1, -0.05) is 13.8 Å². The SMILES string of the molecule is CC(C)CSCC(NN)C1=CCCCO1. The highest BCUT2D eigenvalue weighted by Crippen LogP contribution is 2.17. The molecule has 0 aromatic rings. The summed E-state index contributed by atoms with van der Waals surface area (Å²) in [5.41, 5.74) is 2.83. The third-order valence-corrected chi connectivity index (χ3v) is 3.71. The molecule has 1 unspecified atom stereocenters. The lowest BCUT2D eigenvalue weighted by Gasteiger charge is -2.23. The van der Waals surface area contributed by atoms with Crippen LogP contribution in [0.3, 0.4) is 0 Å². The highest BCUT2D eigenvalue weighted by Gasteiger charge is 2.16. The zero-order valence-corrected chi connectivity index (χ0v) is 10.5. The standard InChI is InChI=1S/C11H22N2OS/c1-9(2)7-15-8-10(13-12)11-5-3-4-6-14-11/h5,9-10,13H,3-4,6-8,12H2,1-2H3. The Labute approximate surface area is 96.8 Å². The number of allylic oxidation sites excluding steroid dienone is 1. The van der Waals surface area contributed by atoms with Crippen molar-refractivity contribution in [2.75, 3.05) is 18.1 Å². The van der Waals surface area contributed by atoms with Gasteiger partial charge in [-0.25, -0.2) is 5.43 Å². The molecule has 0 amide bonds. The average Bonchev–Trinajstić information content (AvgIpc) is 2.25. The van der Waals surface area contributed by atoms with E-state index in [1.54, 1.807) is 0 Å². The molecular weight excluding hydrogens is 208 g/mol. The van der Waals surface area contributed by atoms with Crippen molar-refractivity contribution < 1.29 is 4.74 Å². The van der Waals surface area contributed by atoms with Gasteiger partial charge in [0.1, 0.15) is 5.76 Å². The number of nitrogens with two attached hydrogens (primary N) is 1. The molecule has 1 aliphatic rings. The van der Waals surface area contributed by atoms with E-state index >= 15 is 0 Å². The van der Waals surface area contributed by atoms with E-state index in [1.165, 1.54) is 5.75 Å². The third kappa shape index (κ3) is 4.91. The predicted octanol–water partition coefficient (Wildman–Crippen LogP) is 1.90. The van der Waals surface area contributed by atoms with Crippen molar-refractivity contribution in [3.63, 3.8) is 0 Å². The maximum absolute atomic E-state index is 5.59. The minimum absolute atomic E-state index is 0.175. The van der Waals surface area contributed by atoms with E-state index in [-0.39, 0.29) is 6.04 Å². The summed E-state index contributed by atoms with van der Waals surface area (Å²) < 4.78 is 5.59. The number of hydrogen-bond acceptors (Lipinski definition) is 4. The minimum atomic E-state index is 0.175. The van der Waals surface area contributed by atoms with Crippen LogP contribution in [0.15, 0.2) is 11.8 Å². The highest BCUT2D eigenvalue weighted by molar-refractivity contribution is 7.99. The molecule has 1 atom stereocenters. The van der Waals surface area contributed by atoms with Gasteiger partial charge in [-0.3, -0.25) is 5.84 Å². The van der Waals surface area contributed by atoms with Crippen LogP contribution in [0.1, 0.15) is 26.7 Å². The molecule has 3 nitrogen and oxygen atoms in total. The van der Waals surface area contributed by atoms with Crippen LogP contribution in [-0.4, -0.2) is 24.2 Å². The second kappa shape index (κ2) is 7.14. The first kappa shape index (κ1) is 12.9. The number of nitrogens with one attached hydrogen (secondary N) is 1. The van der Waals surface area contributed by atoms with Crippen molar-refractivity contribution in [2.45, 2.75) is 32.7 Å². The number of ether oxygens (including phenoxy) is 1. The Kier molecular flexibility index (Phi) is 6.13. The van der Waals surface area contributed by atoms with Gasteiger partial charge in [0, 0.05) is 5.75 Å². The molecule has 1 rings (SSSR count). The molecule has 88 valence electrons. The van der Waals surface area contributed by atoms with Crippen LogP contribution < -0.4 is 11.3 Å². The Bertz CT molecular complexity index is 207. The summed E-state index contributed by atoms with van der Waals surface area (Å²) in [6, 6.07) is 0.175. The normalized spacial score (nSPS) is 18.5. The average molecular weight is 230 g/mol. The van der Waals surface area contributed by atoms with E-state index in [0.717, 1.165) is 36.9 Å². The molecule has 0 saturated carbocycles. The summed E-state index contributed by atoms with van der Waals surface area (Å²) in [6.45, 7) is 5.29. The van der Waals surface area contributed by atoms with Crippen LogP contribution in [0.4, 0.5) is 0 Å². The second-order valence-electron chi connectivity index (χ2n) is 4.25. The summed E-state index contributed by atoms with van der Waals surface area (Å²) in [5.74, 6) is 9.45. The molecule has 1 aliphatic heterocycles. The van der Waals surface area contributed by atoms with Gasteiger partial charge in [0.25, 0.3) is 0 Å². The number of thioether (sulfide) groups is 1. The van der Waals surface area contributed by atoms with Crippen LogP contribution in [-0.2, 0) is 4.74 Å². The molecule has 0 saturated heterocycles. The quantitative estimate of drug-likeness (QED) is 0.540. The van der Waals surface area contributed by atoms with Gasteiger partial charge in [0.2, 0.25) is 0 Å². The monoisotopic (exact) mass is 230 g/mol. The van der Waals surface area contributed by atoms with E-state index in [9.17, 15) is 0 Å². The van der Waals surface area contributed by atoms with Crippen molar-refractivity contribution >= 4 is 11.8 Å². The first-order valence-corrected chi connectivity index (χ1v) is 6.76. The lowest BCUT2D eigenvalue weighted by atomic mass is 10.2. The fraction of sp³-hybridized carbons (Fsp3) is 0.818. The smallest absolute Gasteiger partial charge is 0.111 e. The van der Waals surface area contributed by atoms with E-state index in [0.29, 0.717) is 0 Å². The lowest BCUT2D eigenvalue weighted by molar-refractivity contribution is 0.172. The van der Waals surface area contributed by atoms with Gasteiger partial charge in [-0.15, -0.1) is 0 Å². The van der Waals surface area contributed by atoms with Crippen molar-refractivity contribution in [3.05, 3.63) is 11.8 Å². The van der Waals surface area contributed by atoms with Gasteiger partial charge < -0.3 is 4.74 Å². The Morgan fingerprint density at radius 2 is 2.33 bits per heavy atom. The summed E-state index contributed by atoms with van der Waals surface area (Å²) >= 11 is 1.92. The van der Waals surface area contributed by atoms with Crippen molar-refractivity contribution in [3.8, 4) is 0 Å². The lowest BCUT2D eigenvalue weighted by Crippen LogP contribution is -2.40. The van der Waals surface area contributed by atoms with Gasteiger partial charge in [0.15, 0.2) is 0 Å². The van der Waals surface area contributed by atoms with Crippen molar-refractivity contribution in [1.29, 1.82) is 0 Å². The van der Waals surface area contributed by atoms with Crippen LogP contribution >= 0.6 is 11.8 Å². The maximum Gasteiger partial charge on any atom is 0.111 e. The van der Waals surface area contributed by atoms with Gasteiger partial charge >= 0.3 is 0 Å². The third-order valence-electron chi connectivity index (χ3n) is 2.24. The molecule has 0 spiro atoms. The molecule has 0 aromatic heterocycles. The van der Waals surface area contributed by atoms with E-state index in [2.05, 4.69) is 25.3 Å². The largest absolute Gasteiger partial charge is 0.497 e. The van der Waals surface area contributed by atoms with Gasteiger partial charge in [-0.05, 0) is 30.6 Å². The molecule has 0 fully saturated rings. The van der Waals surface area contributed by atoms with Crippen LogP contribution in [0.2, 0.25) is 0 Å². The number of hydrogen-bond donors (Lipinski definition) is 2. The molecule has 0 bridgehead atoms. The van der Waals surface area contributed by atoms with Crippen LogP contribution in [0.25, 0.3) is 0 Å². The molecule has 3 N–H and O–H groups in total. The zero-order valence-electron chi connectivity index (χ0n) is 9.66. The zero-order chi connectivity index (χ0) is 11.1.